The lowest BCUT2D eigenvalue weighted by atomic mass is 10.2. The Kier molecular flexibility index (Phi) is 2.33. The molecule has 0 aliphatic rings. The van der Waals surface area contributed by atoms with Gasteiger partial charge in [-0.1, -0.05) is 0 Å². The lowest BCUT2D eigenvalue weighted by Gasteiger charge is -2.06. The van der Waals surface area contributed by atoms with Crippen LogP contribution in [0.25, 0.3) is 0 Å². The highest BCUT2D eigenvalue weighted by Gasteiger charge is 2.02. The largest absolute Gasteiger partial charge is 0.454 e. The highest BCUT2D eigenvalue weighted by molar-refractivity contribution is 5.48. The third-order valence-corrected chi connectivity index (χ3v) is 2.11. The predicted molar refractivity (Wildman–Crippen MR) is 58.9 cm³/mol. The zero-order valence-electron chi connectivity index (χ0n) is 8.77. The molecule has 15 heavy (non-hydrogen) atoms. The summed E-state index contributed by atoms with van der Waals surface area (Å²) in [6, 6.07) is 5.56. The van der Waals surface area contributed by atoms with Gasteiger partial charge in [-0.05, 0) is 30.7 Å². The fourth-order valence-corrected chi connectivity index (χ4v) is 1.37. The molecule has 2 N–H and O–H groups in total. The van der Waals surface area contributed by atoms with Crippen molar-refractivity contribution in [1.82, 2.24) is 9.78 Å². The fraction of sp³-hybridized carbons (Fsp3) is 0.182. The van der Waals surface area contributed by atoms with Crippen LogP contribution in [0.15, 0.2) is 30.6 Å². The minimum Gasteiger partial charge on any atom is -0.454 e. The van der Waals surface area contributed by atoms with E-state index in [0.717, 1.165) is 22.7 Å². The molecule has 0 spiro atoms. The van der Waals surface area contributed by atoms with Crippen LogP contribution in [0.2, 0.25) is 0 Å². The molecule has 1 aromatic carbocycles. The maximum absolute atomic E-state index is 5.65. The lowest BCUT2D eigenvalue weighted by Crippen LogP contribution is -1.90. The van der Waals surface area contributed by atoms with E-state index in [1.807, 2.05) is 38.4 Å². The van der Waals surface area contributed by atoms with Crippen LogP contribution in [0.5, 0.6) is 11.5 Å². The van der Waals surface area contributed by atoms with Crippen LogP contribution in [0.4, 0.5) is 5.69 Å². The molecule has 0 saturated heterocycles. The van der Waals surface area contributed by atoms with E-state index < -0.39 is 0 Å². The maximum Gasteiger partial charge on any atom is 0.165 e. The summed E-state index contributed by atoms with van der Waals surface area (Å²) >= 11 is 0. The van der Waals surface area contributed by atoms with Gasteiger partial charge < -0.3 is 10.5 Å². The lowest BCUT2D eigenvalue weighted by molar-refractivity contribution is 0.478. The van der Waals surface area contributed by atoms with Crippen molar-refractivity contribution in [2.75, 3.05) is 5.73 Å². The van der Waals surface area contributed by atoms with E-state index in [2.05, 4.69) is 5.10 Å². The standard InChI is InChI=1S/C11H13N3O/c1-8-5-9(12)3-4-11(8)15-10-6-13-14(2)7-10/h3-7H,12H2,1-2H3. The smallest absolute Gasteiger partial charge is 0.165 e. The highest BCUT2D eigenvalue weighted by atomic mass is 16.5. The number of nitrogen functional groups attached to an aromatic ring is 1. The number of benzene rings is 1. The quantitative estimate of drug-likeness (QED) is 0.760. The van der Waals surface area contributed by atoms with Gasteiger partial charge in [-0.15, -0.1) is 0 Å². The van der Waals surface area contributed by atoms with Crippen LogP contribution >= 0.6 is 0 Å². The summed E-state index contributed by atoms with van der Waals surface area (Å²) in [5.41, 5.74) is 7.41. The summed E-state index contributed by atoms with van der Waals surface area (Å²) in [6.07, 6.45) is 3.49. The number of aromatic nitrogens is 2. The summed E-state index contributed by atoms with van der Waals surface area (Å²) in [7, 11) is 1.85. The second kappa shape index (κ2) is 3.65. The first-order valence-corrected chi connectivity index (χ1v) is 4.68. The summed E-state index contributed by atoms with van der Waals surface area (Å²) < 4.78 is 7.34. The average Bonchev–Trinajstić information content (AvgIpc) is 2.56. The Morgan fingerprint density at radius 3 is 2.80 bits per heavy atom. The Bertz CT molecular complexity index is 476. The molecule has 0 atom stereocenters. The van der Waals surface area contributed by atoms with Gasteiger partial charge in [-0.3, -0.25) is 4.68 Å². The monoisotopic (exact) mass is 203 g/mol. The van der Waals surface area contributed by atoms with Gasteiger partial charge in [0.1, 0.15) is 5.75 Å². The SMILES string of the molecule is Cc1cc(N)ccc1Oc1cnn(C)c1. The van der Waals surface area contributed by atoms with Crippen LogP contribution in [0, 0.1) is 6.92 Å². The van der Waals surface area contributed by atoms with Gasteiger partial charge in [0.05, 0.1) is 12.4 Å². The molecule has 0 aliphatic heterocycles. The van der Waals surface area contributed by atoms with Crippen molar-refractivity contribution >= 4 is 5.69 Å². The van der Waals surface area contributed by atoms with Crippen molar-refractivity contribution < 1.29 is 4.74 Å². The molecular weight excluding hydrogens is 190 g/mol. The molecule has 0 bridgehead atoms. The maximum atomic E-state index is 5.65. The molecule has 0 fully saturated rings. The highest BCUT2D eigenvalue weighted by Crippen LogP contribution is 2.25. The Morgan fingerprint density at radius 1 is 1.40 bits per heavy atom. The summed E-state index contributed by atoms with van der Waals surface area (Å²) in [6.45, 7) is 1.96. The number of rotatable bonds is 2. The first-order valence-electron chi connectivity index (χ1n) is 4.68. The number of aryl methyl sites for hydroxylation is 2. The van der Waals surface area contributed by atoms with Gasteiger partial charge in [0, 0.05) is 12.7 Å². The van der Waals surface area contributed by atoms with E-state index >= 15 is 0 Å². The fourth-order valence-electron chi connectivity index (χ4n) is 1.37. The summed E-state index contributed by atoms with van der Waals surface area (Å²) in [4.78, 5) is 0. The van der Waals surface area contributed by atoms with E-state index in [0.29, 0.717) is 0 Å². The van der Waals surface area contributed by atoms with Gasteiger partial charge in [0.25, 0.3) is 0 Å². The summed E-state index contributed by atoms with van der Waals surface area (Å²) in [5, 5.41) is 4.03. The zero-order chi connectivity index (χ0) is 10.8. The van der Waals surface area contributed by atoms with Crippen molar-refractivity contribution in [3.8, 4) is 11.5 Å². The zero-order valence-corrected chi connectivity index (χ0v) is 8.77. The Morgan fingerprint density at radius 2 is 2.20 bits per heavy atom. The van der Waals surface area contributed by atoms with E-state index in [1.54, 1.807) is 10.9 Å². The van der Waals surface area contributed by atoms with Crippen molar-refractivity contribution in [3.63, 3.8) is 0 Å². The molecule has 2 aromatic rings. The molecule has 0 unspecified atom stereocenters. The molecule has 4 heteroatoms. The van der Waals surface area contributed by atoms with Crippen LogP contribution in [0.1, 0.15) is 5.56 Å². The van der Waals surface area contributed by atoms with E-state index in [4.69, 9.17) is 10.5 Å². The predicted octanol–water partition coefficient (Wildman–Crippen LogP) is 2.10. The van der Waals surface area contributed by atoms with Crippen LogP contribution in [0.3, 0.4) is 0 Å². The number of hydrogen-bond donors (Lipinski definition) is 1. The molecule has 0 radical (unpaired) electrons. The number of nitrogens with zero attached hydrogens (tertiary/aromatic N) is 2. The van der Waals surface area contributed by atoms with Gasteiger partial charge >= 0.3 is 0 Å². The average molecular weight is 203 g/mol. The van der Waals surface area contributed by atoms with Crippen LogP contribution in [-0.2, 0) is 7.05 Å². The number of hydrogen-bond acceptors (Lipinski definition) is 3. The van der Waals surface area contributed by atoms with Crippen LogP contribution < -0.4 is 10.5 Å². The normalized spacial score (nSPS) is 10.3. The minimum absolute atomic E-state index is 0.727. The second-order valence-corrected chi connectivity index (χ2v) is 3.48. The van der Waals surface area contributed by atoms with Gasteiger partial charge in [-0.25, -0.2) is 0 Å². The Balaban J connectivity index is 2.24. The Hall–Kier alpha value is -1.97. The van der Waals surface area contributed by atoms with Crippen molar-refractivity contribution in [1.29, 1.82) is 0 Å². The van der Waals surface area contributed by atoms with Crippen molar-refractivity contribution in [3.05, 3.63) is 36.2 Å². The minimum atomic E-state index is 0.727. The molecule has 78 valence electrons. The van der Waals surface area contributed by atoms with Crippen molar-refractivity contribution in [2.45, 2.75) is 6.92 Å². The Labute approximate surface area is 88.3 Å². The topological polar surface area (TPSA) is 53.1 Å². The van der Waals surface area contributed by atoms with Gasteiger partial charge in [-0.2, -0.15) is 5.10 Å². The molecule has 2 rings (SSSR count). The third-order valence-electron chi connectivity index (χ3n) is 2.11. The third kappa shape index (κ3) is 2.10. The van der Waals surface area contributed by atoms with E-state index in [9.17, 15) is 0 Å². The second-order valence-electron chi connectivity index (χ2n) is 3.48. The molecule has 0 aliphatic carbocycles. The van der Waals surface area contributed by atoms with E-state index in [-0.39, 0.29) is 0 Å². The van der Waals surface area contributed by atoms with Gasteiger partial charge in [0.2, 0.25) is 0 Å². The number of anilines is 1. The molecule has 1 aromatic heterocycles. The van der Waals surface area contributed by atoms with Crippen LogP contribution in [-0.4, -0.2) is 9.78 Å². The molecule has 4 nitrogen and oxygen atoms in total. The molecular formula is C11H13N3O. The summed E-state index contributed by atoms with van der Waals surface area (Å²) in [5.74, 6) is 1.53. The van der Waals surface area contributed by atoms with E-state index in [1.165, 1.54) is 0 Å². The van der Waals surface area contributed by atoms with Gasteiger partial charge in [0.15, 0.2) is 5.75 Å². The molecule has 0 saturated carbocycles. The number of ether oxygens (including phenoxy) is 1. The molecule has 0 amide bonds. The van der Waals surface area contributed by atoms with Crippen molar-refractivity contribution in [2.24, 2.45) is 7.05 Å². The molecule has 1 heterocycles. The first-order chi connectivity index (χ1) is 7.15. The first kappa shape index (κ1) is 9.58. The number of nitrogens with two attached hydrogens (primary N) is 1.